The van der Waals surface area contributed by atoms with Crippen molar-refractivity contribution in [2.45, 2.75) is 25.0 Å². The van der Waals surface area contributed by atoms with Crippen molar-refractivity contribution in [3.63, 3.8) is 0 Å². The molecule has 0 radical (unpaired) electrons. The summed E-state index contributed by atoms with van der Waals surface area (Å²) in [4.78, 5) is 0. The van der Waals surface area contributed by atoms with Gasteiger partial charge in [0.15, 0.2) is 0 Å². The van der Waals surface area contributed by atoms with Crippen molar-refractivity contribution >= 4 is 0 Å². The third kappa shape index (κ3) is 6.47. The second-order valence-corrected chi connectivity index (χ2v) is 6.42. The molecule has 3 heteroatoms. The summed E-state index contributed by atoms with van der Waals surface area (Å²) >= 11 is 0. The normalized spacial score (nSPS) is 13.1. The molecular weight excluding hydrogens is 336 g/mol. The lowest BCUT2D eigenvalue weighted by atomic mass is 10.0. The number of hydrogen-bond acceptors (Lipinski definition) is 3. The number of ether oxygens (including phenoxy) is 3. The lowest BCUT2D eigenvalue weighted by Crippen LogP contribution is -2.07. The van der Waals surface area contributed by atoms with E-state index < -0.39 is 0 Å². The second-order valence-electron chi connectivity index (χ2n) is 6.42. The molecular formula is C24H30O3. The van der Waals surface area contributed by atoms with Crippen molar-refractivity contribution in [1.29, 1.82) is 0 Å². The van der Waals surface area contributed by atoms with Gasteiger partial charge in [-0.2, -0.15) is 0 Å². The summed E-state index contributed by atoms with van der Waals surface area (Å²) in [6.07, 6.45) is 5.07. The van der Waals surface area contributed by atoms with Crippen LogP contribution in [0.4, 0.5) is 0 Å². The van der Waals surface area contributed by atoms with E-state index in [0.29, 0.717) is 0 Å². The predicted octanol–water partition coefficient (Wildman–Crippen LogP) is 5.24. The highest BCUT2D eigenvalue weighted by molar-refractivity contribution is 5.29. The van der Waals surface area contributed by atoms with Gasteiger partial charge in [-0.1, -0.05) is 60.7 Å². The van der Waals surface area contributed by atoms with Crippen molar-refractivity contribution in [3.05, 3.63) is 96.1 Å². The summed E-state index contributed by atoms with van der Waals surface area (Å²) in [5.41, 5.74) is 4.65. The molecule has 2 rings (SSSR count). The van der Waals surface area contributed by atoms with Gasteiger partial charge in [0, 0.05) is 14.2 Å². The van der Waals surface area contributed by atoms with Gasteiger partial charge in [0.05, 0.1) is 13.2 Å². The third-order valence-corrected chi connectivity index (χ3v) is 4.53. The fourth-order valence-corrected chi connectivity index (χ4v) is 2.89. The van der Waals surface area contributed by atoms with E-state index in [1.165, 1.54) is 11.1 Å². The molecule has 2 aromatic carbocycles. The molecule has 0 amide bonds. The highest BCUT2D eigenvalue weighted by Gasteiger charge is 2.15. The third-order valence-electron chi connectivity index (χ3n) is 4.53. The van der Waals surface area contributed by atoms with Crippen molar-refractivity contribution in [1.82, 2.24) is 0 Å². The van der Waals surface area contributed by atoms with Gasteiger partial charge >= 0.3 is 0 Å². The Bertz CT molecular complexity index is 627. The quantitative estimate of drug-likeness (QED) is 0.481. The Balaban J connectivity index is 2.06. The summed E-state index contributed by atoms with van der Waals surface area (Å²) in [5, 5.41) is 0. The summed E-state index contributed by atoms with van der Waals surface area (Å²) in [6, 6.07) is 16.8. The number of rotatable bonds is 12. The molecule has 0 aliphatic rings. The molecule has 2 atom stereocenters. The molecule has 144 valence electrons. The van der Waals surface area contributed by atoms with Crippen LogP contribution < -0.4 is 0 Å². The standard InChI is InChI=1S/C24H30O3/c1-5-23(21-11-7-19(8-12-21)15-17-25-3)27-24(6-2)22-13-9-20(10-14-22)16-18-26-4/h5-14,23-24H,1-2,15-18H2,3-4H3. The van der Waals surface area contributed by atoms with Crippen LogP contribution in [0.2, 0.25) is 0 Å². The maximum absolute atomic E-state index is 6.28. The molecule has 0 aliphatic heterocycles. The Morgan fingerprint density at radius 1 is 0.704 bits per heavy atom. The maximum Gasteiger partial charge on any atom is 0.102 e. The average Bonchev–Trinajstić information content (AvgIpc) is 2.73. The zero-order valence-electron chi connectivity index (χ0n) is 16.4. The lowest BCUT2D eigenvalue weighted by Gasteiger charge is -2.21. The lowest BCUT2D eigenvalue weighted by molar-refractivity contribution is 0.0403. The largest absolute Gasteiger partial charge is 0.384 e. The monoisotopic (exact) mass is 366 g/mol. The molecule has 0 saturated carbocycles. The van der Waals surface area contributed by atoms with Crippen molar-refractivity contribution in [2.24, 2.45) is 0 Å². The Morgan fingerprint density at radius 3 is 1.37 bits per heavy atom. The van der Waals surface area contributed by atoms with E-state index >= 15 is 0 Å². The molecule has 0 spiro atoms. The summed E-state index contributed by atoms with van der Waals surface area (Å²) < 4.78 is 16.5. The van der Waals surface area contributed by atoms with E-state index in [2.05, 4.69) is 61.7 Å². The average molecular weight is 367 g/mol. The first-order valence-corrected chi connectivity index (χ1v) is 9.28. The Kier molecular flexibility index (Phi) is 8.99. The zero-order valence-corrected chi connectivity index (χ0v) is 16.4. The van der Waals surface area contributed by atoms with Crippen LogP contribution in [0.5, 0.6) is 0 Å². The van der Waals surface area contributed by atoms with Crippen LogP contribution in [-0.4, -0.2) is 27.4 Å². The predicted molar refractivity (Wildman–Crippen MR) is 111 cm³/mol. The molecule has 2 unspecified atom stereocenters. The molecule has 0 saturated heterocycles. The Hall–Kier alpha value is -2.20. The molecule has 27 heavy (non-hydrogen) atoms. The fraction of sp³-hybridized carbons (Fsp3) is 0.333. The first kappa shape index (κ1) is 21.1. The van der Waals surface area contributed by atoms with Crippen LogP contribution >= 0.6 is 0 Å². The van der Waals surface area contributed by atoms with E-state index in [-0.39, 0.29) is 12.2 Å². The smallest absolute Gasteiger partial charge is 0.102 e. The van der Waals surface area contributed by atoms with Crippen LogP contribution in [0, 0.1) is 0 Å². The summed E-state index contributed by atoms with van der Waals surface area (Å²) in [5.74, 6) is 0. The van der Waals surface area contributed by atoms with Gasteiger partial charge in [0.2, 0.25) is 0 Å². The van der Waals surface area contributed by atoms with E-state index in [0.717, 1.165) is 37.2 Å². The van der Waals surface area contributed by atoms with Crippen LogP contribution in [0.3, 0.4) is 0 Å². The molecule has 0 aromatic heterocycles. The fourth-order valence-electron chi connectivity index (χ4n) is 2.89. The first-order chi connectivity index (χ1) is 13.2. The van der Waals surface area contributed by atoms with Crippen molar-refractivity contribution in [2.75, 3.05) is 27.4 Å². The SMILES string of the molecule is C=CC(OC(C=C)c1ccc(CCOC)cc1)c1ccc(CCOC)cc1. The van der Waals surface area contributed by atoms with Crippen molar-refractivity contribution < 1.29 is 14.2 Å². The van der Waals surface area contributed by atoms with Gasteiger partial charge in [-0.3, -0.25) is 0 Å². The van der Waals surface area contributed by atoms with Crippen LogP contribution in [0.1, 0.15) is 34.5 Å². The molecule has 0 heterocycles. The molecule has 0 fully saturated rings. The maximum atomic E-state index is 6.28. The van der Waals surface area contributed by atoms with E-state index in [1.807, 2.05) is 12.2 Å². The topological polar surface area (TPSA) is 27.7 Å². The number of hydrogen-bond donors (Lipinski definition) is 0. The van der Waals surface area contributed by atoms with Crippen molar-refractivity contribution in [3.8, 4) is 0 Å². The molecule has 0 aliphatic carbocycles. The Labute approximate surface area is 163 Å². The van der Waals surface area contributed by atoms with E-state index in [9.17, 15) is 0 Å². The van der Waals surface area contributed by atoms with Gasteiger partial charge in [-0.15, -0.1) is 13.2 Å². The van der Waals surface area contributed by atoms with Crippen LogP contribution in [0.25, 0.3) is 0 Å². The molecule has 0 N–H and O–H groups in total. The molecule has 3 nitrogen and oxygen atoms in total. The van der Waals surface area contributed by atoms with Gasteiger partial charge in [-0.25, -0.2) is 0 Å². The number of methoxy groups -OCH3 is 2. The van der Waals surface area contributed by atoms with E-state index in [1.54, 1.807) is 14.2 Å². The summed E-state index contributed by atoms with van der Waals surface area (Å²) in [7, 11) is 3.44. The van der Waals surface area contributed by atoms with Gasteiger partial charge in [0.25, 0.3) is 0 Å². The summed E-state index contributed by atoms with van der Waals surface area (Å²) in [6.45, 7) is 9.33. The molecule has 0 bridgehead atoms. The highest BCUT2D eigenvalue weighted by Crippen LogP contribution is 2.29. The minimum absolute atomic E-state index is 0.197. The highest BCUT2D eigenvalue weighted by atomic mass is 16.5. The Morgan fingerprint density at radius 2 is 1.07 bits per heavy atom. The zero-order chi connectivity index (χ0) is 19.5. The van der Waals surface area contributed by atoms with Gasteiger partial charge in [-0.05, 0) is 35.1 Å². The van der Waals surface area contributed by atoms with Crippen LogP contribution in [-0.2, 0) is 27.1 Å². The minimum Gasteiger partial charge on any atom is -0.384 e. The number of benzene rings is 2. The minimum atomic E-state index is -0.197. The molecule has 2 aromatic rings. The van der Waals surface area contributed by atoms with Gasteiger partial charge < -0.3 is 14.2 Å². The second kappa shape index (κ2) is 11.5. The van der Waals surface area contributed by atoms with Crippen LogP contribution in [0.15, 0.2) is 73.8 Å². The van der Waals surface area contributed by atoms with E-state index in [4.69, 9.17) is 14.2 Å². The first-order valence-electron chi connectivity index (χ1n) is 9.28. The van der Waals surface area contributed by atoms with Gasteiger partial charge in [0.1, 0.15) is 12.2 Å².